The lowest BCUT2D eigenvalue weighted by Gasteiger charge is -2.08. The Morgan fingerprint density at radius 3 is 2.71 bits per heavy atom. The maximum absolute atomic E-state index is 5.56. The Morgan fingerprint density at radius 1 is 1.24 bits per heavy atom. The van der Waals surface area contributed by atoms with Gasteiger partial charge in [-0.15, -0.1) is 0 Å². The van der Waals surface area contributed by atoms with Gasteiger partial charge in [0.25, 0.3) is 0 Å². The van der Waals surface area contributed by atoms with Crippen LogP contribution in [0.15, 0.2) is 35.1 Å². The molecule has 17 heavy (non-hydrogen) atoms. The summed E-state index contributed by atoms with van der Waals surface area (Å²) in [4.78, 5) is 7.74. The summed E-state index contributed by atoms with van der Waals surface area (Å²) in [6.07, 6.45) is 1.35. The lowest BCUT2D eigenvalue weighted by molar-refractivity contribution is 0.411. The van der Waals surface area contributed by atoms with Crippen molar-refractivity contribution in [1.29, 1.82) is 0 Å². The van der Waals surface area contributed by atoms with Gasteiger partial charge in [0.2, 0.25) is 5.88 Å². The second-order valence-electron chi connectivity index (χ2n) is 3.18. The second-order valence-corrected chi connectivity index (χ2v) is 4.03. The number of ether oxygens (including phenoxy) is 2. The molecule has 2 rings (SSSR count). The monoisotopic (exact) mass is 295 g/mol. The molecule has 0 radical (unpaired) electrons. The number of halogens is 1. The van der Waals surface area contributed by atoms with Crippen LogP contribution < -0.4 is 15.2 Å². The van der Waals surface area contributed by atoms with E-state index in [1.54, 1.807) is 31.4 Å². The minimum Gasteiger partial charge on any atom is -0.497 e. The van der Waals surface area contributed by atoms with Crippen LogP contribution in [0.4, 0.5) is 5.82 Å². The summed E-state index contributed by atoms with van der Waals surface area (Å²) in [5, 5.41) is 0. The fourth-order valence-corrected chi connectivity index (χ4v) is 1.65. The molecule has 6 heteroatoms. The lowest BCUT2D eigenvalue weighted by atomic mass is 10.3. The van der Waals surface area contributed by atoms with Crippen molar-refractivity contribution < 1.29 is 9.47 Å². The molecule has 5 nitrogen and oxygen atoms in total. The molecule has 0 saturated heterocycles. The van der Waals surface area contributed by atoms with Crippen molar-refractivity contribution in [2.75, 3.05) is 12.8 Å². The van der Waals surface area contributed by atoms with E-state index >= 15 is 0 Å². The van der Waals surface area contributed by atoms with Gasteiger partial charge in [0.05, 0.1) is 11.6 Å². The van der Waals surface area contributed by atoms with E-state index in [2.05, 4.69) is 25.9 Å². The van der Waals surface area contributed by atoms with Crippen LogP contribution in [0.1, 0.15) is 0 Å². The average molecular weight is 296 g/mol. The first-order valence-corrected chi connectivity index (χ1v) is 5.57. The Hall–Kier alpha value is -1.82. The molecule has 0 unspecified atom stereocenters. The molecule has 0 aliphatic rings. The molecule has 0 amide bonds. The zero-order chi connectivity index (χ0) is 12.3. The quantitative estimate of drug-likeness (QED) is 0.942. The smallest absolute Gasteiger partial charge is 0.224 e. The molecule has 0 spiro atoms. The van der Waals surface area contributed by atoms with Crippen LogP contribution in [0.2, 0.25) is 0 Å². The maximum Gasteiger partial charge on any atom is 0.224 e. The highest BCUT2D eigenvalue weighted by molar-refractivity contribution is 9.10. The molecule has 2 N–H and O–H groups in total. The van der Waals surface area contributed by atoms with E-state index in [0.717, 1.165) is 10.2 Å². The van der Waals surface area contributed by atoms with Gasteiger partial charge >= 0.3 is 0 Å². The van der Waals surface area contributed by atoms with Crippen molar-refractivity contribution in [2.45, 2.75) is 0 Å². The number of hydrogen-bond donors (Lipinski definition) is 1. The van der Waals surface area contributed by atoms with Crippen LogP contribution in [-0.4, -0.2) is 17.1 Å². The Labute approximate surface area is 107 Å². The number of nitrogens with two attached hydrogens (primary N) is 1. The van der Waals surface area contributed by atoms with Crippen LogP contribution in [-0.2, 0) is 0 Å². The van der Waals surface area contributed by atoms with Crippen LogP contribution in [0.3, 0.4) is 0 Å². The molecule has 0 bridgehead atoms. The van der Waals surface area contributed by atoms with Crippen molar-refractivity contribution in [3.8, 4) is 17.4 Å². The van der Waals surface area contributed by atoms with E-state index in [1.165, 1.54) is 6.33 Å². The summed E-state index contributed by atoms with van der Waals surface area (Å²) in [7, 11) is 1.60. The molecule has 0 fully saturated rings. The van der Waals surface area contributed by atoms with Crippen molar-refractivity contribution in [3.05, 3.63) is 35.1 Å². The van der Waals surface area contributed by atoms with E-state index in [4.69, 9.17) is 15.2 Å². The topological polar surface area (TPSA) is 70.3 Å². The number of benzene rings is 1. The standard InChI is InChI=1S/C11H10BrN3O2/c1-16-7-2-3-9(8(12)4-7)17-11-5-10(13)14-6-15-11/h2-6H,1H3,(H2,13,14,15). The molecule has 1 aromatic carbocycles. The number of nitrogen functional groups attached to an aromatic ring is 1. The molecule has 1 heterocycles. The fraction of sp³-hybridized carbons (Fsp3) is 0.0909. The zero-order valence-electron chi connectivity index (χ0n) is 9.05. The van der Waals surface area contributed by atoms with Gasteiger partial charge in [-0.3, -0.25) is 0 Å². The first-order valence-electron chi connectivity index (χ1n) is 4.78. The van der Waals surface area contributed by atoms with Crippen molar-refractivity contribution >= 4 is 21.7 Å². The van der Waals surface area contributed by atoms with Gasteiger partial charge in [-0.25, -0.2) is 9.97 Å². The predicted molar refractivity (Wildman–Crippen MR) is 67.2 cm³/mol. The number of nitrogens with zero attached hydrogens (tertiary/aromatic N) is 2. The minimum absolute atomic E-state index is 0.361. The fourth-order valence-electron chi connectivity index (χ4n) is 1.21. The Bertz CT molecular complexity index is 534. The Morgan fingerprint density at radius 2 is 2.06 bits per heavy atom. The normalized spacial score (nSPS) is 10.0. The van der Waals surface area contributed by atoms with E-state index < -0.39 is 0 Å². The molecule has 88 valence electrons. The van der Waals surface area contributed by atoms with Gasteiger partial charge in [-0.05, 0) is 34.1 Å². The SMILES string of the molecule is COc1ccc(Oc2cc(N)ncn2)c(Br)c1. The number of hydrogen-bond acceptors (Lipinski definition) is 5. The summed E-state index contributed by atoms with van der Waals surface area (Å²) in [6, 6.07) is 6.93. The van der Waals surface area contributed by atoms with Crippen LogP contribution in [0, 0.1) is 0 Å². The van der Waals surface area contributed by atoms with Crippen molar-refractivity contribution in [1.82, 2.24) is 9.97 Å². The van der Waals surface area contributed by atoms with Crippen molar-refractivity contribution in [2.24, 2.45) is 0 Å². The maximum atomic E-state index is 5.56. The third kappa shape index (κ3) is 2.85. The van der Waals surface area contributed by atoms with Gasteiger partial charge < -0.3 is 15.2 Å². The van der Waals surface area contributed by atoms with E-state index in [1.807, 2.05) is 0 Å². The van der Waals surface area contributed by atoms with Gasteiger partial charge in [-0.1, -0.05) is 0 Å². The molecule has 0 aliphatic heterocycles. The summed E-state index contributed by atoms with van der Waals surface area (Å²) in [5.74, 6) is 2.12. The Balaban J connectivity index is 2.24. The van der Waals surface area contributed by atoms with E-state index in [0.29, 0.717) is 17.4 Å². The first kappa shape index (κ1) is 11.7. The molecule has 2 aromatic rings. The molecular weight excluding hydrogens is 286 g/mol. The van der Waals surface area contributed by atoms with Gasteiger partial charge in [0, 0.05) is 6.07 Å². The highest BCUT2D eigenvalue weighted by atomic mass is 79.9. The van der Waals surface area contributed by atoms with Crippen LogP contribution in [0.5, 0.6) is 17.4 Å². The largest absolute Gasteiger partial charge is 0.497 e. The van der Waals surface area contributed by atoms with Gasteiger partial charge in [-0.2, -0.15) is 0 Å². The highest BCUT2D eigenvalue weighted by Crippen LogP contribution is 2.32. The minimum atomic E-state index is 0.361. The number of anilines is 1. The Kier molecular flexibility index (Phi) is 3.43. The molecular formula is C11H10BrN3O2. The summed E-state index contributed by atoms with van der Waals surface area (Å²) in [5.41, 5.74) is 5.53. The summed E-state index contributed by atoms with van der Waals surface area (Å²) >= 11 is 3.38. The zero-order valence-corrected chi connectivity index (χ0v) is 10.6. The summed E-state index contributed by atoms with van der Waals surface area (Å²) < 4.78 is 11.4. The number of aromatic nitrogens is 2. The highest BCUT2D eigenvalue weighted by Gasteiger charge is 2.05. The average Bonchev–Trinajstić information content (AvgIpc) is 2.32. The lowest BCUT2D eigenvalue weighted by Crippen LogP contribution is -1.94. The third-order valence-corrected chi connectivity index (χ3v) is 2.64. The van der Waals surface area contributed by atoms with Crippen LogP contribution in [0.25, 0.3) is 0 Å². The van der Waals surface area contributed by atoms with Gasteiger partial charge in [0.15, 0.2) is 0 Å². The number of methoxy groups -OCH3 is 1. The van der Waals surface area contributed by atoms with Crippen LogP contribution >= 0.6 is 15.9 Å². The predicted octanol–water partition coefficient (Wildman–Crippen LogP) is 2.62. The molecule has 1 aromatic heterocycles. The van der Waals surface area contributed by atoms with E-state index in [9.17, 15) is 0 Å². The van der Waals surface area contributed by atoms with E-state index in [-0.39, 0.29) is 0 Å². The molecule has 0 saturated carbocycles. The van der Waals surface area contributed by atoms with Gasteiger partial charge in [0.1, 0.15) is 23.6 Å². The number of rotatable bonds is 3. The van der Waals surface area contributed by atoms with Crippen molar-refractivity contribution in [3.63, 3.8) is 0 Å². The first-order chi connectivity index (χ1) is 8.19. The molecule has 0 aliphatic carbocycles. The second kappa shape index (κ2) is 5.01. The third-order valence-electron chi connectivity index (χ3n) is 2.02. The molecule has 0 atom stereocenters. The summed E-state index contributed by atoms with van der Waals surface area (Å²) in [6.45, 7) is 0.